The summed E-state index contributed by atoms with van der Waals surface area (Å²) in [4.78, 5) is 4.20. The lowest BCUT2D eigenvalue weighted by Gasteiger charge is -1.99. The highest BCUT2D eigenvalue weighted by molar-refractivity contribution is 6.29. The maximum Gasteiger partial charge on any atom is 0.157 e. The van der Waals surface area contributed by atoms with Crippen LogP contribution in [0.5, 0.6) is 5.75 Å². The van der Waals surface area contributed by atoms with E-state index in [0.717, 1.165) is 22.7 Å². The van der Waals surface area contributed by atoms with Crippen molar-refractivity contribution in [1.82, 2.24) is 14.6 Å². The number of methoxy groups -OCH3 is 1. The minimum absolute atomic E-state index is 0.462. The molecule has 0 bridgehead atoms. The summed E-state index contributed by atoms with van der Waals surface area (Å²) in [6.07, 6.45) is 1.79. The summed E-state index contributed by atoms with van der Waals surface area (Å²) >= 11 is 5.84. The third kappa shape index (κ3) is 1.91. The van der Waals surface area contributed by atoms with Crippen LogP contribution in [0.1, 0.15) is 0 Å². The largest absolute Gasteiger partial charge is 0.497 e. The van der Waals surface area contributed by atoms with Gasteiger partial charge in [0.05, 0.1) is 12.8 Å². The molecule has 0 radical (unpaired) electrons. The predicted molar refractivity (Wildman–Crippen MR) is 70.0 cm³/mol. The van der Waals surface area contributed by atoms with Crippen molar-refractivity contribution in [2.75, 3.05) is 7.11 Å². The molecule has 0 aliphatic rings. The number of hydrogen-bond donors (Lipinski definition) is 0. The van der Waals surface area contributed by atoms with Crippen molar-refractivity contribution in [2.45, 2.75) is 0 Å². The van der Waals surface area contributed by atoms with Crippen molar-refractivity contribution >= 4 is 17.2 Å². The number of benzene rings is 1. The summed E-state index contributed by atoms with van der Waals surface area (Å²) in [5, 5.41) is 4.90. The van der Waals surface area contributed by atoms with Crippen LogP contribution in [0.2, 0.25) is 5.15 Å². The average Bonchev–Trinajstić information content (AvgIpc) is 2.81. The zero-order chi connectivity index (χ0) is 12.5. The molecule has 0 fully saturated rings. The smallest absolute Gasteiger partial charge is 0.157 e. The van der Waals surface area contributed by atoms with Gasteiger partial charge in [-0.3, -0.25) is 0 Å². The second kappa shape index (κ2) is 4.31. The van der Waals surface area contributed by atoms with Crippen LogP contribution in [-0.4, -0.2) is 21.7 Å². The number of fused-ring (bicyclic) bond motifs is 1. The number of nitrogens with zero attached hydrogens (tertiary/aromatic N) is 3. The quantitative estimate of drug-likeness (QED) is 0.664. The Bertz CT molecular complexity index is 691. The second-order valence-corrected chi connectivity index (χ2v) is 4.20. The van der Waals surface area contributed by atoms with Gasteiger partial charge in [-0.15, -0.1) is 0 Å². The van der Waals surface area contributed by atoms with Gasteiger partial charge in [0, 0.05) is 17.8 Å². The van der Waals surface area contributed by atoms with Gasteiger partial charge in [0.15, 0.2) is 5.65 Å². The van der Waals surface area contributed by atoms with Crippen LogP contribution in [0.4, 0.5) is 0 Å². The molecular formula is C13H10ClN3O. The molecule has 0 saturated heterocycles. The number of rotatable bonds is 2. The molecule has 0 N–H and O–H groups in total. The van der Waals surface area contributed by atoms with Gasteiger partial charge in [-0.05, 0) is 30.3 Å². The van der Waals surface area contributed by atoms with Gasteiger partial charge >= 0.3 is 0 Å². The Labute approximate surface area is 109 Å². The van der Waals surface area contributed by atoms with E-state index in [-0.39, 0.29) is 0 Å². The molecule has 0 amide bonds. The highest BCUT2D eigenvalue weighted by Crippen LogP contribution is 2.22. The Morgan fingerprint density at radius 1 is 1.17 bits per heavy atom. The molecule has 0 aliphatic heterocycles. The standard InChI is InChI=1S/C13H10ClN3O/c1-18-10-4-2-9(3-5-10)11-8-13-15-12(14)6-7-17(13)16-11/h2-8H,1H3. The number of aromatic nitrogens is 3. The average molecular weight is 260 g/mol. The van der Waals surface area contributed by atoms with Gasteiger partial charge < -0.3 is 4.74 Å². The predicted octanol–water partition coefficient (Wildman–Crippen LogP) is 3.06. The molecule has 90 valence electrons. The molecule has 18 heavy (non-hydrogen) atoms. The fourth-order valence-electron chi connectivity index (χ4n) is 1.76. The van der Waals surface area contributed by atoms with Crippen LogP contribution >= 0.6 is 11.6 Å². The summed E-state index contributed by atoms with van der Waals surface area (Å²) in [6, 6.07) is 11.3. The zero-order valence-corrected chi connectivity index (χ0v) is 10.4. The fourth-order valence-corrected chi connectivity index (χ4v) is 1.90. The van der Waals surface area contributed by atoms with Crippen LogP contribution in [0.15, 0.2) is 42.6 Å². The number of halogens is 1. The molecular weight excluding hydrogens is 250 g/mol. The normalized spacial score (nSPS) is 10.8. The van der Waals surface area contributed by atoms with Gasteiger partial charge in [-0.25, -0.2) is 9.50 Å². The van der Waals surface area contributed by atoms with E-state index in [1.165, 1.54) is 0 Å². The zero-order valence-electron chi connectivity index (χ0n) is 9.67. The molecule has 0 aliphatic carbocycles. The van der Waals surface area contributed by atoms with Crippen molar-refractivity contribution in [2.24, 2.45) is 0 Å². The molecule has 2 aromatic heterocycles. The first-order valence-electron chi connectivity index (χ1n) is 5.42. The highest BCUT2D eigenvalue weighted by atomic mass is 35.5. The van der Waals surface area contributed by atoms with Gasteiger partial charge in [-0.1, -0.05) is 11.6 Å². The maximum atomic E-state index is 5.84. The molecule has 0 unspecified atom stereocenters. The first-order valence-corrected chi connectivity index (χ1v) is 5.80. The summed E-state index contributed by atoms with van der Waals surface area (Å²) in [5.41, 5.74) is 2.60. The summed E-state index contributed by atoms with van der Waals surface area (Å²) < 4.78 is 6.82. The van der Waals surface area contributed by atoms with E-state index in [9.17, 15) is 0 Å². The Balaban J connectivity index is 2.07. The van der Waals surface area contributed by atoms with Crippen LogP contribution < -0.4 is 4.74 Å². The van der Waals surface area contributed by atoms with E-state index in [4.69, 9.17) is 16.3 Å². The van der Waals surface area contributed by atoms with Crippen LogP contribution in [0.3, 0.4) is 0 Å². The van der Waals surface area contributed by atoms with Gasteiger partial charge in [0.2, 0.25) is 0 Å². The van der Waals surface area contributed by atoms with Crippen molar-refractivity contribution in [1.29, 1.82) is 0 Å². The summed E-state index contributed by atoms with van der Waals surface area (Å²) in [6.45, 7) is 0. The van der Waals surface area contributed by atoms with Crippen molar-refractivity contribution < 1.29 is 4.74 Å². The Kier molecular flexibility index (Phi) is 2.64. The van der Waals surface area contributed by atoms with Gasteiger partial charge in [0.1, 0.15) is 10.9 Å². The first-order chi connectivity index (χ1) is 8.76. The van der Waals surface area contributed by atoms with Crippen LogP contribution in [0, 0.1) is 0 Å². The van der Waals surface area contributed by atoms with Crippen LogP contribution in [0.25, 0.3) is 16.9 Å². The Morgan fingerprint density at radius 3 is 2.67 bits per heavy atom. The van der Waals surface area contributed by atoms with Crippen LogP contribution in [-0.2, 0) is 0 Å². The van der Waals surface area contributed by atoms with E-state index >= 15 is 0 Å². The molecule has 2 heterocycles. The highest BCUT2D eigenvalue weighted by Gasteiger charge is 2.05. The van der Waals surface area contributed by atoms with E-state index in [2.05, 4.69) is 10.1 Å². The van der Waals surface area contributed by atoms with E-state index in [1.807, 2.05) is 30.3 Å². The monoisotopic (exact) mass is 259 g/mol. The minimum Gasteiger partial charge on any atom is -0.497 e. The molecule has 4 nitrogen and oxygen atoms in total. The molecule has 5 heteroatoms. The van der Waals surface area contributed by atoms with Crippen molar-refractivity contribution in [3.63, 3.8) is 0 Å². The third-order valence-electron chi connectivity index (χ3n) is 2.68. The van der Waals surface area contributed by atoms with E-state index in [0.29, 0.717) is 5.15 Å². The summed E-state index contributed by atoms with van der Waals surface area (Å²) in [7, 11) is 1.64. The van der Waals surface area contributed by atoms with Crippen molar-refractivity contribution in [3.8, 4) is 17.0 Å². The molecule has 0 saturated carbocycles. The SMILES string of the molecule is COc1ccc(-c2cc3nc(Cl)ccn3n2)cc1. The number of ether oxygens (including phenoxy) is 1. The summed E-state index contributed by atoms with van der Waals surface area (Å²) in [5.74, 6) is 0.823. The fraction of sp³-hybridized carbons (Fsp3) is 0.0769. The van der Waals surface area contributed by atoms with E-state index in [1.54, 1.807) is 23.9 Å². The molecule has 3 rings (SSSR count). The van der Waals surface area contributed by atoms with Crippen molar-refractivity contribution in [3.05, 3.63) is 47.7 Å². The lowest BCUT2D eigenvalue weighted by atomic mass is 10.1. The second-order valence-electron chi connectivity index (χ2n) is 3.81. The molecule has 1 aromatic carbocycles. The lowest BCUT2D eigenvalue weighted by Crippen LogP contribution is -1.88. The Hall–Kier alpha value is -2.07. The van der Waals surface area contributed by atoms with Gasteiger partial charge in [-0.2, -0.15) is 5.10 Å². The van der Waals surface area contributed by atoms with Gasteiger partial charge in [0.25, 0.3) is 0 Å². The van der Waals surface area contributed by atoms with E-state index < -0.39 is 0 Å². The third-order valence-corrected chi connectivity index (χ3v) is 2.89. The maximum absolute atomic E-state index is 5.84. The Morgan fingerprint density at radius 2 is 1.94 bits per heavy atom. The topological polar surface area (TPSA) is 39.4 Å². The molecule has 0 spiro atoms. The molecule has 3 aromatic rings. The minimum atomic E-state index is 0.462. The molecule has 0 atom stereocenters. The lowest BCUT2D eigenvalue weighted by molar-refractivity contribution is 0.415. The number of hydrogen-bond acceptors (Lipinski definition) is 3. The first kappa shape index (κ1) is 11.0.